The molecule has 1 aliphatic rings. The molecule has 2 N–H and O–H groups in total. The van der Waals surface area contributed by atoms with Gasteiger partial charge in [0.2, 0.25) is 5.91 Å². The first kappa shape index (κ1) is 18.7. The van der Waals surface area contributed by atoms with E-state index in [1.165, 1.54) is 16.2 Å². The van der Waals surface area contributed by atoms with Gasteiger partial charge in [-0.1, -0.05) is 0 Å². The highest BCUT2D eigenvalue weighted by Gasteiger charge is 2.37. The van der Waals surface area contributed by atoms with Gasteiger partial charge in [-0.25, -0.2) is 0 Å². The second-order valence-electron chi connectivity index (χ2n) is 6.66. The minimum absolute atomic E-state index is 0.0177. The number of hydrogen-bond acceptors (Lipinski definition) is 5. The van der Waals surface area contributed by atoms with Crippen molar-refractivity contribution >= 4 is 40.7 Å². The van der Waals surface area contributed by atoms with Crippen molar-refractivity contribution in [1.82, 2.24) is 4.90 Å². The van der Waals surface area contributed by atoms with Crippen LogP contribution < -0.4 is 5.73 Å². The number of rotatable bonds is 6. The van der Waals surface area contributed by atoms with Crippen LogP contribution in [0.4, 0.5) is 0 Å². The fraction of sp³-hybridized carbons (Fsp3) is 0.562. The van der Waals surface area contributed by atoms with E-state index >= 15 is 0 Å². The van der Waals surface area contributed by atoms with Crippen LogP contribution >= 0.6 is 22.9 Å². The molecule has 0 saturated carbocycles. The predicted molar refractivity (Wildman–Crippen MR) is 91.8 cm³/mol. The first-order valence-electron chi connectivity index (χ1n) is 7.61. The van der Waals surface area contributed by atoms with E-state index in [0.29, 0.717) is 18.0 Å². The van der Waals surface area contributed by atoms with Crippen LogP contribution in [-0.4, -0.2) is 34.3 Å². The smallest absolute Gasteiger partial charge is 0.306 e. The second kappa shape index (κ2) is 7.11. The zero-order chi connectivity index (χ0) is 18.1. The molecule has 0 aromatic carbocycles. The van der Waals surface area contributed by atoms with E-state index in [0.717, 1.165) is 10.4 Å². The lowest BCUT2D eigenvalue weighted by Crippen LogP contribution is -2.45. The molecule has 0 fully saturated rings. The molecule has 1 unspecified atom stereocenters. The Morgan fingerprint density at radius 3 is 2.67 bits per heavy atom. The van der Waals surface area contributed by atoms with Crippen LogP contribution in [0, 0.1) is 0 Å². The number of amides is 2. The molecule has 2 rings (SSSR count). The van der Waals surface area contributed by atoms with Crippen LogP contribution in [0.25, 0.3) is 0 Å². The van der Waals surface area contributed by atoms with Gasteiger partial charge in [0.15, 0.2) is 0 Å². The quantitative estimate of drug-likeness (QED) is 0.613. The van der Waals surface area contributed by atoms with E-state index in [2.05, 4.69) is 0 Å². The molecule has 0 aliphatic carbocycles. The summed E-state index contributed by atoms with van der Waals surface area (Å²) in [4.78, 5) is 38.5. The topological polar surface area (TPSA) is 89.7 Å². The first-order valence-corrected chi connectivity index (χ1v) is 9.02. The molecule has 1 aromatic rings. The third-order valence-corrected chi connectivity index (χ3v) is 5.12. The number of halogens is 1. The summed E-state index contributed by atoms with van der Waals surface area (Å²) in [6.07, 6.45) is 0.157. The molecule has 132 valence electrons. The van der Waals surface area contributed by atoms with Gasteiger partial charge in [0.1, 0.15) is 11.6 Å². The fourth-order valence-corrected chi connectivity index (χ4v) is 3.87. The van der Waals surface area contributed by atoms with Gasteiger partial charge < -0.3 is 15.4 Å². The van der Waals surface area contributed by atoms with Gasteiger partial charge in [0.25, 0.3) is 5.91 Å². The summed E-state index contributed by atoms with van der Waals surface area (Å²) in [6.45, 7) is 5.60. The molecule has 2 heterocycles. The molecule has 2 amide bonds. The number of nitrogens with two attached hydrogens (primary N) is 1. The highest BCUT2D eigenvalue weighted by molar-refractivity contribution is 7.10. The van der Waals surface area contributed by atoms with Gasteiger partial charge in [-0.3, -0.25) is 14.4 Å². The summed E-state index contributed by atoms with van der Waals surface area (Å²) in [5, 5.41) is 1.75. The zero-order valence-corrected chi connectivity index (χ0v) is 15.5. The molecule has 6 nitrogen and oxygen atoms in total. The monoisotopic (exact) mass is 372 g/mol. The standard InChI is InChI=1S/C16H21ClN2O4S/c1-16(2,3)23-13(20)5-4-11(14(18)21)19-7-9-10(15(19)22)8-24-12(9)6-17/h8,11H,4-7H2,1-3H3,(H2,18,21). The Kier molecular flexibility index (Phi) is 5.55. The molecule has 24 heavy (non-hydrogen) atoms. The van der Waals surface area contributed by atoms with E-state index in [1.807, 2.05) is 0 Å². The first-order chi connectivity index (χ1) is 11.1. The van der Waals surface area contributed by atoms with Crippen LogP contribution in [0.15, 0.2) is 5.38 Å². The minimum atomic E-state index is -0.842. The number of ether oxygens (including phenoxy) is 1. The number of primary amides is 1. The van der Waals surface area contributed by atoms with Gasteiger partial charge in [-0.05, 0) is 32.8 Å². The average molecular weight is 373 g/mol. The summed E-state index contributed by atoms with van der Waals surface area (Å²) in [6, 6.07) is -0.842. The zero-order valence-electron chi connectivity index (χ0n) is 13.9. The Morgan fingerprint density at radius 2 is 2.12 bits per heavy atom. The highest BCUT2D eigenvalue weighted by atomic mass is 35.5. The van der Waals surface area contributed by atoms with Gasteiger partial charge in [-0.2, -0.15) is 0 Å². The molecule has 0 radical (unpaired) electrons. The fourth-order valence-electron chi connectivity index (χ4n) is 2.63. The van der Waals surface area contributed by atoms with Crippen LogP contribution in [0.3, 0.4) is 0 Å². The van der Waals surface area contributed by atoms with Gasteiger partial charge in [-0.15, -0.1) is 22.9 Å². The summed E-state index contributed by atoms with van der Waals surface area (Å²) in [5.74, 6) is -0.977. The molecule has 0 spiro atoms. The molecule has 1 aromatic heterocycles. The van der Waals surface area contributed by atoms with E-state index in [9.17, 15) is 14.4 Å². The molecule has 0 bridgehead atoms. The lowest BCUT2D eigenvalue weighted by atomic mass is 10.1. The molecular weight excluding hydrogens is 352 g/mol. The van der Waals surface area contributed by atoms with Crippen molar-refractivity contribution in [2.45, 2.75) is 57.7 Å². The number of thiophene rings is 1. The van der Waals surface area contributed by atoms with E-state index in [4.69, 9.17) is 22.1 Å². The number of alkyl halides is 1. The largest absolute Gasteiger partial charge is 0.460 e. The Labute approximate surface area is 149 Å². The van der Waals surface area contributed by atoms with Crippen LogP contribution in [0.1, 0.15) is 54.4 Å². The van der Waals surface area contributed by atoms with Crippen molar-refractivity contribution in [3.63, 3.8) is 0 Å². The van der Waals surface area contributed by atoms with Crippen LogP contribution in [-0.2, 0) is 26.8 Å². The van der Waals surface area contributed by atoms with E-state index in [-0.39, 0.29) is 18.7 Å². The second-order valence-corrected chi connectivity index (χ2v) is 7.89. The number of fused-ring (bicyclic) bond motifs is 1. The Bertz CT molecular complexity index is 666. The van der Waals surface area contributed by atoms with Crippen LogP contribution in [0.2, 0.25) is 0 Å². The average Bonchev–Trinajstić information content (AvgIpc) is 2.98. The number of hydrogen-bond donors (Lipinski definition) is 1. The molecule has 8 heteroatoms. The lowest BCUT2D eigenvalue weighted by Gasteiger charge is -2.26. The number of esters is 1. The Balaban J connectivity index is 2.07. The molecular formula is C16H21ClN2O4S. The van der Waals surface area contributed by atoms with Crippen molar-refractivity contribution in [3.05, 3.63) is 21.4 Å². The van der Waals surface area contributed by atoms with Gasteiger partial charge in [0, 0.05) is 23.2 Å². The summed E-state index contributed by atoms with van der Waals surface area (Å²) in [5.41, 5.74) is 6.28. The molecule has 1 aliphatic heterocycles. The maximum atomic E-state index is 12.5. The number of carbonyl (C=O) groups excluding carboxylic acids is 3. The number of nitrogens with zero attached hydrogens (tertiary/aromatic N) is 1. The van der Waals surface area contributed by atoms with Crippen molar-refractivity contribution in [1.29, 1.82) is 0 Å². The summed E-state index contributed by atoms with van der Waals surface area (Å²) in [7, 11) is 0. The maximum Gasteiger partial charge on any atom is 0.306 e. The van der Waals surface area contributed by atoms with Crippen molar-refractivity contribution in [2.75, 3.05) is 0 Å². The normalized spacial score (nSPS) is 15.3. The SMILES string of the molecule is CC(C)(C)OC(=O)CCC(C(N)=O)N1Cc2c(csc2CCl)C1=O. The van der Waals surface area contributed by atoms with Crippen molar-refractivity contribution < 1.29 is 19.1 Å². The minimum Gasteiger partial charge on any atom is -0.460 e. The van der Waals surface area contributed by atoms with E-state index in [1.54, 1.807) is 26.2 Å². The number of carbonyl (C=O) groups is 3. The molecule has 0 saturated heterocycles. The third kappa shape index (κ3) is 4.08. The van der Waals surface area contributed by atoms with E-state index < -0.39 is 23.5 Å². The van der Waals surface area contributed by atoms with Crippen molar-refractivity contribution in [3.8, 4) is 0 Å². The van der Waals surface area contributed by atoms with Gasteiger partial charge >= 0.3 is 5.97 Å². The summed E-state index contributed by atoms with van der Waals surface area (Å²) >= 11 is 7.31. The predicted octanol–water partition coefficient (Wildman–Crippen LogP) is 2.42. The van der Waals surface area contributed by atoms with Crippen LogP contribution in [0.5, 0.6) is 0 Å². The Morgan fingerprint density at radius 1 is 1.46 bits per heavy atom. The molecule has 1 atom stereocenters. The summed E-state index contributed by atoms with van der Waals surface area (Å²) < 4.78 is 5.23. The van der Waals surface area contributed by atoms with Crippen molar-refractivity contribution in [2.24, 2.45) is 5.73 Å². The Hall–Kier alpha value is -1.60. The highest BCUT2D eigenvalue weighted by Crippen LogP contribution is 2.34. The third-order valence-electron chi connectivity index (χ3n) is 3.67. The lowest BCUT2D eigenvalue weighted by molar-refractivity contribution is -0.155. The maximum absolute atomic E-state index is 12.5. The van der Waals surface area contributed by atoms with Gasteiger partial charge in [0.05, 0.1) is 11.4 Å².